The molecule has 1 fully saturated rings. The molecule has 112 valence electrons. The minimum Gasteiger partial charge on any atom is -0.316 e. The van der Waals surface area contributed by atoms with Gasteiger partial charge in [0, 0.05) is 24.4 Å². The Labute approximate surface area is 124 Å². The fourth-order valence-electron chi connectivity index (χ4n) is 3.40. The summed E-state index contributed by atoms with van der Waals surface area (Å²) in [5.41, 5.74) is 2.57. The predicted molar refractivity (Wildman–Crippen MR) is 86.0 cm³/mol. The van der Waals surface area contributed by atoms with Gasteiger partial charge in [-0.1, -0.05) is 45.1 Å². The minimum atomic E-state index is 0.591. The summed E-state index contributed by atoms with van der Waals surface area (Å²) >= 11 is 0. The smallest absolute Gasteiger partial charge is 0.0419 e. The van der Waals surface area contributed by atoms with Crippen molar-refractivity contribution in [3.8, 4) is 0 Å². The third kappa shape index (κ3) is 4.59. The van der Waals surface area contributed by atoms with Crippen LogP contribution in [-0.4, -0.2) is 18.1 Å². The van der Waals surface area contributed by atoms with Crippen LogP contribution in [0.5, 0.6) is 0 Å². The van der Waals surface area contributed by atoms with Gasteiger partial charge in [0.25, 0.3) is 0 Å². The maximum Gasteiger partial charge on any atom is 0.0419 e. The van der Waals surface area contributed by atoms with Crippen molar-refractivity contribution in [2.45, 2.75) is 70.8 Å². The summed E-state index contributed by atoms with van der Waals surface area (Å²) in [6.07, 6.45) is 14.1. The summed E-state index contributed by atoms with van der Waals surface area (Å²) in [5, 5.41) is 3.56. The monoisotopic (exact) mass is 274 g/mol. The summed E-state index contributed by atoms with van der Waals surface area (Å²) in [4.78, 5) is 4.63. The Morgan fingerprint density at radius 2 is 1.85 bits per heavy atom. The van der Waals surface area contributed by atoms with E-state index in [2.05, 4.69) is 36.4 Å². The number of likely N-dealkylation sites (N-methyl/N-ethyl adjacent to an activating group) is 1. The SMILES string of the molecule is CCc1ccc(CC(NC)C2CCCCCCC2)nc1. The highest BCUT2D eigenvalue weighted by molar-refractivity contribution is 5.14. The molecule has 2 heteroatoms. The molecule has 0 aliphatic heterocycles. The number of rotatable bonds is 5. The first-order valence-electron chi connectivity index (χ1n) is 8.44. The zero-order chi connectivity index (χ0) is 14.2. The van der Waals surface area contributed by atoms with Crippen LogP contribution in [0.25, 0.3) is 0 Å². The number of nitrogens with one attached hydrogen (secondary N) is 1. The topological polar surface area (TPSA) is 24.9 Å². The lowest BCUT2D eigenvalue weighted by molar-refractivity contribution is 0.292. The van der Waals surface area contributed by atoms with Crippen molar-refractivity contribution in [2.75, 3.05) is 7.05 Å². The van der Waals surface area contributed by atoms with Crippen LogP contribution in [0.15, 0.2) is 18.3 Å². The van der Waals surface area contributed by atoms with Crippen molar-refractivity contribution in [3.63, 3.8) is 0 Å². The van der Waals surface area contributed by atoms with E-state index in [1.165, 1.54) is 56.2 Å². The predicted octanol–water partition coefficient (Wildman–Crippen LogP) is 4.14. The lowest BCUT2D eigenvalue weighted by Crippen LogP contribution is -2.36. The highest BCUT2D eigenvalue weighted by atomic mass is 14.9. The Morgan fingerprint density at radius 3 is 2.40 bits per heavy atom. The van der Waals surface area contributed by atoms with Gasteiger partial charge < -0.3 is 5.32 Å². The van der Waals surface area contributed by atoms with Gasteiger partial charge in [-0.05, 0) is 43.9 Å². The van der Waals surface area contributed by atoms with Gasteiger partial charge in [-0.15, -0.1) is 0 Å². The van der Waals surface area contributed by atoms with Crippen LogP contribution in [0.4, 0.5) is 0 Å². The molecule has 0 spiro atoms. The fourth-order valence-corrected chi connectivity index (χ4v) is 3.40. The Morgan fingerprint density at radius 1 is 1.15 bits per heavy atom. The van der Waals surface area contributed by atoms with Crippen LogP contribution in [0.2, 0.25) is 0 Å². The second-order valence-electron chi connectivity index (χ2n) is 6.22. The van der Waals surface area contributed by atoms with Gasteiger partial charge in [0.1, 0.15) is 0 Å². The average molecular weight is 274 g/mol. The molecule has 2 nitrogen and oxygen atoms in total. The lowest BCUT2D eigenvalue weighted by atomic mass is 9.84. The van der Waals surface area contributed by atoms with Crippen molar-refractivity contribution >= 4 is 0 Å². The van der Waals surface area contributed by atoms with E-state index in [9.17, 15) is 0 Å². The normalized spacial score (nSPS) is 19.3. The molecule has 20 heavy (non-hydrogen) atoms. The quantitative estimate of drug-likeness (QED) is 0.873. The third-order valence-corrected chi connectivity index (χ3v) is 4.81. The van der Waals surface area contributed by atoms with Crippen molar-refractivity contribution < 1.29 is 0 Å². The molecule has 1 N–H and O–H groups in total. The van der Waals surface area contributed by atoms with Gasteiger partial charge >= 0.3 is 0 Å². The Kier molecular flexibility index (Phi) is 6.52. The standard InChI is InChI=1S/C18H30N2/c1-3-15-11-12-17(20-14-15)13-18(19-2)16-9-7-5-4-6-8-10-16/h11-12,14,16,18-19H,3-10,13H2,1-2H3. The first-order valence-corrected chi connectivity index (χ1v) is 8.44. The summed E-state index contributed by atoms with van der Waals surface area (Å²) in [5.74, 6) is 0.827. The van der Waals surface area contributed by atoms with E-state index < -0.39 is 0 Å². The van der Waals surface area contributed by atoms with E-state index >= 15 is 0 Å². The molecular weight excluding hydrogens is 244 g/mol. The summed E-state index contributed by atoms with van der Waals surface area (Å²) in [6, 6.07) is 5.03. The van der Waals surface area contributed by atoms with Gasteiger partial charge in [-0.3, -0.25) is 4.98 Å². The van der Waals surface area contributed by atoms with Crippen molar-refractivity contribution in [2.24, 2.45) is 5.92 Å². The Bertz CT molecular complexity index is 364. The van der Waals surface area contributed by atoms with Gasteiger partial charge in [-0.2, -0.15) is 0 Å². The van der Waals surface area contributed by atoms with Gasteiger partial charge in [0.2, 0.25) is 0 Å². The molecule has 1 aliphatic carbocycles. The third-order valence-electron chi connectivity index (χ3n) is 4.81. The van der Waals surface area contributed by atoms with E-state index in [0.717, 1.165) is 18.8 Å². The van der Waals surface area contributed by atoms with E-state index in [4.69, 9.17) is 0 Å². The van der Waals surface area contributed by atoms with Gasteiger partial charge in [0.15, 0.2) is 0 Å². The van der Waals surface area contributed by atoms with Crippen LogP contribution in [0.3, 0.4) is 0 Å². The second-order valence-corrected chi connectivity index (χ2v) is 6.22. The van der Waals surface area contributed by atoms with Crippen LogP contribution in [0, 0.1) is 5.92 Å². The molecule has 1 aromatic heterocycles. The molecule has 0 bridgehead atoms. The molecule has 1 unspecified atom stereocenters. The van der Waals surface area contributed by atoms with Crippen LogP contribution >= 0.6 is 0 Å². The highest BCUT2D eigenvalue weighted by Gasteiger charge is 2.21. The molecular formula is C18H30N2. The molecule has 1 atom stereocenters. The maximum atomic E-state index is 4.63. The fraction of sp³-hybridized carbons (Fsp3) is 0.722. The highest BCUT2D eigenvalue weighted by Crippen LogP contribution is 2.26. The number of hydrogen-bond acceptors (Lipinski definition) is 2. The zero-order valence-corrected chi connectivity index (χ0v) is 13.2. The van der Waals surface area contributed by atoms with Gasteiger partial charge in [-0.25, -0.2) is 0 Å². The Hall–Kier alpha value is -0.890. The second kappa shape index (κ2) is 8.41. The molecule has 0 aromatic carbocycles. The molecule has 1 heterocycles. The first kappa shape index (κ1) is 15.5. The van der Waals surface area contributed by atoms with Crippen molar-refractivity contribution in [1.82, 2.24) is 10.3 Å². The first-order chi connectivity index (χ1) is 9.83. The lowest BCUT2D eigenvalue weighted by Gasteiger charge is -2.28. The minimum absolute atomic E-state index is 0.591. The zero-order valence-electron chi connectivity index (χ0n) is 13.2. The molecule has 0 amide bonds. The summed E-state index contributed by atoms with van der Waals surface area (Å²) in [6.45, 7) is 2.18. The average Bonchev–Trinajstić information content (AvgIpc) is 2.46. The van der Waals surface area contributed by atoms with E-state index in [1.807, 2.05) is 6.20 Å². The molecule has 0 radical (unpaired) electrons. The largest absolute Gasteiger partial charge is 0.316 e. The van der Waals surface area contributed by atoms with Crippen molar-refractivity contribution in [1.29, 1.82) is 0 Å². The van der Waals surface area contributed by atoms with E-state index in [-0.39, 0.29) is 0 Å². The summed E-state index contributed by atoms with van der Waals surface area (Å²) in [7, 11) is 2.11. The van der Waals surface area contributed by atoms with Crippen LogP contribution < -0.4 is 5.32 Å². The van der Waals surface area contributed by atoms with Crippen molar-refractivity contribution in [3.05, 3.63) is 29.6 Å². The molecule has 1 aromatic rings. The van der Waals surface area contributed by atoms with E-state index in [1.54, 1.807) is 0 Å². The summed E-state index contributed by atoms with van der Waals surface area (Å²) < 4.78 is 0. The molecule has 0 saturated heterocycles. The van der Waals surface area contributed by atoms with E-state index in [0.29, 0.717) is 6.04 Å². The molecule has 2 rings (SSSR count). The number of nitrogens with zero attached hydrogens (tertiary/aromatic N) is 1. The van der Waals surface area contributed by atoms with Crippen LogP contribution in [-0.2, 0) is 12.8 Å². The number of pyridine rings is 1. The number of aryl methyl sites for hydroxylation is 1. The maximum absolute atomic E-state index is 4.63. The number of hydrogen-bond donors (Lipinski definition) is 1. The van der Waals surface area contributed by atoms with Crippen LogP contribution in [0.1, 0.15) is 63.1 Å². The number of aromatic nitrogens is 1. The molecule has 1 aliphatic rings. The molecule has 1 saturated carbocycles. The van der Waals surface area contributed by atoms with Gasteiger partial charge in [0.05, 0.1) is 0 Å². The Balaban J connectivity index is 1.95.